The molecule has 1 aromatic rings. The minimum atomic E-state index is -4.09. The molecule has 2 N–H and O–H groups in total. The Morgan fingerprint density at radius 1 is 1.00 bits per heavy atom. The monoisotopic (exact) mass is 347 g/mol. The molecule has 0 bridgehead atoms. The highest BCUT2D eigenvalue weighted by Gasteiger charge is 2.25. The fourth-order valence-corrected chi connectivity index (χ4v) is 4.31. The number of hydrazone groups is 1. The molecular weight excluding hydrogens is 330 g/mol. The number of hydrogen-bond donors (Lipinski definition) is 2. The Hall–Kier alpha value is -1.94. The van der Waals surface area contributed by atoms with Crippen molar-refractivity contribution < 1.29 is 21.6 Å². The molecule has 0 radical (unpaired) electrons. The molecule has 2 amide bonds. The Labute approximate surface area is 129 Å². The zero-order valence-corrected chi connectivity index (χ0v) is 14.2. The summed E-state index contributed by atoms with van der Waals surface area (Å²) in [7, 11) is -8.18. The Morgan fingerprint density at radius 3 is 1.86 bits per heavy atom. The van der Waals surface area contributed by atoms with Gasteiger partial charge in [-0.05, 0) is 25.0 Å². The van der Waals surface area contributed by atoms with E-state index in [4.69, 9.17) is 0 Å². The maximum absolute atomic E-state index is 11.8. The first-order chi connectivity index (χ1) is 9.93. The van der Waals surface area contributed by atoms with Gasteiger partial charge in [-0.2, -0.15) is 0 Å². The number of sulfone groups is 2. The molecule has 0 saturated carbocycles. The molecular formula is C12H17N3O5S2. The quantitative estimate of drug-likeness (QED) is 0.465. The number of para-hydroxylation sites is 1. The van der Waals surface area contributed by atoms with Crippen LogP contribution in [-0.4, -0.2) is 39.8 Å². The van der Waals surface area contributed by atoms with Gasteiger partial charge in [0.1, 0.15) is 0 Å². The lowest BCUT2D eigenvalue weighted by Gasteiger charge is -2.11. The zero-order valence-electron chi connectivity index (χ0n) is 12.5. The van der Waals surface area contributed by atoms with E-state index in [1.165, 1.54) is 0 Å². The normalized spacial score (nSPS) is 11.6. The van der Waals surface area contributed by atoms with Crippen LogP contribution in [0.5, 0.6) is 0 Å². The van der Waals surface area contributed by atoms with Crippen molar-refractivity contribution in [1.29, 1.82) is 0 Å². The van der Waals surface area contributed by atoms with E-state index in [9.17, 15) is 21.6 Å². The molecule has 1 aromatic carbocycles. The van der Waals surface area contributed by atoms with Crippen LogP contribution in [0.2, 0.25) is 0 Å². The number of nitrogens with zero attached hydrogens (tertiary/aromatic N) is 1. The van der Waals surface area contributed by atoms with E-state index < -0.39 is 30.1 Å². The van der Waals surface area contributed by atoms with Crippen molar-refractivity contribution in [3.05, 3.63) is 29.3 Å². The van der Waals surface area contributed by atoms with Crippen LogP contribution in [0.1, 0.15) is 11.1 Å². The average Bonchev–Trinajstić information content (AvgIpc) is 2.30. The number of amides is 2. The Morgan fingerprint density at radius 2 is 1.45 bits per heavy atom. The Bertz CT molecular complexity index is 772. The van der Waals surface area contributed by atoms with Crippen LogP contribution < -0.4 is 10.7 Å². The number of rotatable bonds is 2. The van der Waals surface area contributed by atoms with Gasteiger partial charge in [0.2, 0.25) is 19.7 Å². The molecule has 0 unspecified atom stereocenters. The van der Waals surface area contributed by atoms with E-state index in [0.29, 0.717) is 18.2 Å². The van der Waals surface area contributed by atoms with Crippen LogP contribution in [-0.2, 0) is 19.7 Å². The molecule has 1 rings (SSSR count). The Kier molecular flexibility index (Phi) is 5.30. The minimum absolute atomic E-state index is 0.537. The fraction of sp³-hybridized carbons (Fsp3) is 0.333. The van der Waals surface area contributed by atoms with Crippen molar-refractivity contribution in [2.24, 2.45) is 5.10 Å². The number of hydrogen-bond acceptors (Lipinski definition) is 6. The molecule has 0 aliphatic carbocycles. The molecule has 10 heteroatoms. The van der Waals surface area contributed by atoms with Gasteiger partial charge >= 0.3 is 6.03 Å². The second-order valence-electron chi connectivity index (χ2n) is 4.75. The third kappa shape index (κ3) is 4.81. The molecule has 122 valence electrons. The summed E-state index contributed by atoms with van der Waals surface area (Å²) < 4.78 is 44.4. The van der Waals surface area contributed by atoms with Crippen LogP contribution in [0.3, 0.4) is 0 Å². The van der Waals surface area contributed by atoms with Crippen LogP contribution in [0.15, 0.2) is 23.3 Å². The van der Waals surface area contributed by atoms with Gasteiger partial charge in [-0.25, -0.2) is 27.1 Å². The van der Waals surface area contributed by atoms with Gasteiger partial charge in [0, 0.05) is 18.2 Å². The first-order valence-electron chi connectivity index (χ1n) is 6.04. The number of anilines is 1. The second-order valence-corrected chi connectivity index (χ2v) is 8.88. The van der Waals surface area contributed by atoms with E-state index in [1.54, 1.807) is 26.0 Å². The summed E-state index contributed by atoms with van der Waals surface area (Å²) >= 11 is 0. The van der Waals surface area contributed by atoms with Crippen molar-refractivity contribution in [2.75, 3.05) is 17.8 Å². The van der Waals surface area contributed by atoms with Gasteiger partial charge in [-0.3, -0.25) is 0 Å². The number of aryl methyl sites for hydroxylation is 2. The molecule has 0 aromatic heterocycles. The molecule has 0 saturated heterocycles. The first-order valence-corrected chi connectivity index (χ1v) is 9.82. The predicted octanol–water partition coefficient (Wildman–Crippen LogP) is 0.785. The van der Waals surface area contributed by atoms with E-state index in [2.05, 4.69) is 10.4 Å². The first kappa shape index (κ1) is 18.1. The van der Waals surface area contributed by atoms with Gasteiger partial charge in [0.05, 0.1) is 0 Å². The van der Waals surface area contributed by atoms with Crippen LogP contribution in [0, 0.1) is 13.8 Å². The number of urea groups is 1. The molecule has 0 aliphatic heterocycles. The summed E-state index contributed by atoms with van der Waals surface area (Å²) in [5.41, 5.74) is 4.01. The number of benzene rings is 1. The highest BCUT2D eigenvalue weighted by Crippen LogP contribution is 2.19. The number of nitrogens with one attached hydrogen (secondary N) is 2. The largest absolute Gasteiger partial charge is 0.339 e. The summed E-state index contributed by atoms with van der Waals surface area (Å²) in [5, 5.41) is 5.69. The van der Waals surface area contributed by atoms with Crippen LogP contribution in [0.25, 0.3) is 0 Å². The Balaban J connectivity index is 3.00. The maximum atomic E-state index is 11.8. The fourth-order valence-electron chi connectivity index (χ4n) is 1.69. The van der Waals surface area contributed by atoms with Crippen LogP contribution >= 0.6 is 0 Å². The van der Waals surface area contributed by atoms with E-state index in [1.807, 2.05) is 11.5 Å². The molecule has 0 aliphatic rings. The lowest BCUT2D eigenvalue weighted by molar-refractivity contribution is 0.252. The van der Waals surface area contributed by atoms with Gasteiger partial charge in [0.25, 0.3) is 4.38 Å². The second kappa shape index (κ2) is 6.44. The summed E-state index contributed by atoms with van der Waals surface area (Å²) in [6, 6.07) is 4.54. The molecule has 8 nitrogen and oxygen atoms in total. The van der Waals surface area contributed by atoms with Crippen LogP contribution in [0.4, 0.5) is 10.5 Å². The molecule has 0 fully saturated rings. The topological polar surface area (TPSA) is 122 Å². The summed E-state index contributed by atoms with van der Waals surface area (Å²) in [4.78, 5) is 11.8. The molecule has 22 heavy (non-hydrogen) atoms. The standard InChI is InChI=1S/C12H17N3O5S2/c1-8-6-5-7-9(2)10(8)13-11(16)14-15-12(21(3,17)18)22(4,19)20/h5-7H,1-4H3,(H2,13,14,16). The highest BCUT2D eigenvalue weighted by atomic mass is 32.3. The number of carbonyl (C=O) groups excluding carboxylic acids is 1. The lowest BCUT2D eigenvalue weighted by Crippen LogP contribution is -2.30. The third-order valence-corrected chi connectivity index (χ3v) is 5.87. The van der Waals surface area contributed by atoms with Gasteiger partial charge in [-0.1, -0.05) is 18.2 Å². The summed E-state index contributed by atoms with van der Waals surface area (Å²) in [6.07, 6.45) is 1.38. The van der Waals surface area contributed by atoms with Gasteiger partial charge < -0.3 is 5.32 Å². The van der Waals surface area contributed by atoms with Gasteiger partial charge in [0.15, 0.2) is 0 Å². The van der Waals surface area contributed by atoms with Crippen molar-refractivity contribution in [3.8, 4) is 0 Å². The molecule has 0 atom stereocenters. The van der Waals surface area contributed by atoms with Crippen molar-refractivity contribution in [2.45, 2.75) is 13.8 Å². The summed E-state index contributed by atoms with van der Waals surface area (Å²) in [6.45, 7) is 3.56. The van der Waals surface area contributed by atoms with Crippen molar-refractivity contribution >= 4 is 35.8 Å². The average molecular weight is 347 g/mol. The number of carbonyl (C=O) groups is 1. The third-order valence-electron chi connectivity index (χ3n) is 2.60. The highest BCUT2D eigenvalue weighted by molar-refractivity contribution is 8.30. The SMILES string of the molecule is Cc1cccc(C)c1NC(=O)NN=C(S(C)(=O)=O)S(C)(=O)=O. The van der Waals surface area contributed by atoms with Crippen molar-refractivity contribution in [3.63, 3.8) is 0 Å². The van der Waals surface area contributed by atoms with Gasteiger partial charge in [-0.15, -0.1) is 5.10 Å². The zero-order chi connectivity index (χ0) is 17.1. The van der Waals surface area contributed by atoms with E-state index in [0.717, 1.165) is 11.1 Å². The van der Waals surface area contributed by atoms with E-state index in [-0.39, 0.29) is 0 Å². The predicted molar refractivity (Wildman–Crippen MR) is 85.2 cm³/mol. The molecule has 0 spiro atoms. The molecule has 0 heterocycles. The maximum Gasteiger partial charge on any atom is 0.339 e. The summed E-state index contributed by atoms with van der Waals surface area (Å²) in [5.74, 6) is 0. The van der Waals surface area contributed by atoms with E-state index >= 15 is 0 Å². The van der Waals surface area contributed by atoms with Crippen molar-refractivity contribution in [1.82, 2.24) is 5.43 Å². The minimum Gasteiger partial charge on any atom is -0.306 e. The smallest absolute Gasteiger partial charge is 0.306 e. The lowest BCUT2D eigenvalue weighted by atomic mass is 10.1.